The lowest BCUT2D eigenvalue weighted by Gasteiger charge is -2.29. The molecule has 0 aliphatic heterocycles. The zero-order valence-corrected chi connectivity index (χ0v) is 12.5. The van der Waals surface area contributed by atoms with E-state index in [-0.39, 0.29) is 18.0 Å². The Labute approximate surface area is 136 Å². The third-order valence-corrected chi connectivity index (χ3v) is 5.08. The first kappa shape index (κ1) is 13.3. The smallest absolute Gasteiger partial charge is 0.229 e. The largest absolute Gasteiger partial charge is 0.294 e. The maximum atomic E-state index is 12.3. The van der Waals surface area contributed by atoms with Crippen LogP contribution in [0.4, 0.5) is 0 Å². The minimum atomic E-state index is -0.831. The van der Waals surface area contributed by atoms with Crippen LogP contribution in [-0.4, -0.2) is 23.1 Å². The summed E-state index contributed by atoms with van der Waals surface area (Å²) in [6.45, 7) is 0. The first-order chi connectivity index (χ1) is 11.6. The Kier molecular flexibility index (Phi) is 2.35. The van der Waals surface area contributed by atoms with E-state index in [1.54, 1.807) is 24.3 Å². The van der Waals surface area contributed by atoms with Crippen molar-refractivity contribution in [3.63, 3.8) is 0 Å². The second kappa shape index (κ2) is 4.23. The van der Waals surface area contributed by atoms with E-state index in [4.69, 9.17) is 0 Å². The van der Waals surface area contributed by atoms with Crippen molar-refractivity contribution in [1.29, 1.82) is 0 Å². The number of hydrogen-bond acceptors (Lipinski definition) is 4. The lowest BCUT2D eigenvalue weighted by atomic mass is 9.71. The van der Waals surface area contributed by atoms with Gasteiger partial charge in [-0.1, -0.05) is 30.4 Å². The highest BCUT2D eigenvalue weighted by atomic mass is 16.2. The van der Waals surface area contributed by atoms with Crippen LogP contribution in [0.5, 0.6) is 0 Å². The Morgan fingerprint density at radius 1 is 0.833 bits per heavy atom. The molecule has 4 heteroatoms. The molecule has 24 heavy (non-hydrogen) atoms. The summed E-state index contributed by atoms with van der Waals surface area (Å²) in [6.07, 6.45) is 6.24. The molecule has 0 radical (unpaired) electrons. The summed E-state index contributed by atoms with van der Waals surface area (Å²) >= 11 is 0. The fraction of sp³-hybridized carbons (Fsp3) is 0.100. The monoisotopic (exact) mass is 314 g/mol. The molecule has 3 aliphatic carbocycles. The van der Waals surface area contributed by atoms with Crippen LogP contribution >= 0.6 is 0 Å². The molecule has 2 aromatic carbocycles. The van der Waals surface area contributed by atoms with E-state index in [1.165, 1.54) is 12.2 Å². The molecule has 0 fully saturated rings. The highest BCUT2D eigenvalue weighted by Gasteiger charge is 2.38. The Bertz CT molecular complexity index is 1100. The van der Waals surface area contributed by atoms with Crippen LogP contribution in [0.25, 0.3) is 22.9 Å². The zero-order valence-electron chi connectivity index (χ0n) is 12.5. The molecule has 0 aromatic heterocycles. The summed E-state index contributed by atoms with van der Waals surface area (Å²) in [7, 11) is 0. The third kappa shape index (κ3) is 1.43. The zero-order chi connectivity index (χ0) is 16.6. The van der Waals surface area contributed by atoms with E-state index in [0.29, 0.717) is 11.1 Å². The summed E-state index contributed by atoms with van der Waals surface area (Å²) in [5.74, 6) is -2.23. The molecule has 0 bridgehead atoms. The summed E-state index contributed by atoms with van der Waals surface area (Å²) in [5, 5.41) is 1.59. The van der Waals surface area contributed by atoms with Crippen LogP contribution < -0.4 is 0 Å². The van der Waals surface area contributed by atoms with Crippen molar-refractivity contribution in [3.8, 4) is 0 Å². The number of carbonyl (C=O) groups excluding carboxylic acids is 4. The number of ketones is 4. The van der Waals surface area contributed by atoms with E-state index in [9.17, 15) is 19.2 Å². The van der Waals surface area contributed by atoms with Crippen LogP contribution in [0.3, 0.4) is 0 Å². The molecule has 0 saturated carbocycles. The molecule has 4 nitrogen and oxygen atoms in total. The fourth-order valence-electron chi connectivity index (χ4n) is 4.08. The van der Waals surface area contributed by atoms with Crippen molar-refractivity contribution in [2.75, 3.05) is 0 Å². The SMILES string of the molecule is O=C1Cc2c3c4c(c5cccc(c25)C1=O)C=CC(=O)C4C(=O)C=C3. The Balaban J connectivity index is 2.04. The van der Waals surface area contributed by atoms with Crippen molar-refractivity contribution in [1.82, 2.24) is 0 Å². The van der Waals surface area contributed by atoms with E-state index in [0.717, 1.165) is 27.5 Å². The molecule has 2 aromatic rings. The molecular formula is C20H10O4. The average molecular weight is 314 g/mol. The Hall–Kier alpha value is -3.14. The first-order valence-electron chi connectivity index (χ1n) is 7.71. The van der Waals surface area contributed by atoms with E-state index < -0.39 is 17.5 Å². The number of fused-ring (bicyclic) bond motifs is 2. The third-order valence-electron chi connectivity index (χ3n) is 5.08. The van der Waals surface area contributed by atoms with Crippen molar-refractivity contribution < 1.29 is 19.2 Å². The van der Waals surface area contributed by atoms with Gasteiger partial charge in [0, 0.05) is 12.0 Å². The van der Waals surface area contributed by atoms with E-state index in [1.807, 2.05) is 6.07 Å². The predicted molar refractivity (Wildman–Crippen MR) is 87.8 cm³/mol. The number of Topliss-reactive ketones (excluding diaryl/α,β-unsaturated/α-hetero) is 2. The average Bonchev–Trinajstić information content (AvgIpc) is 2.58. The van der Waals surface area contributed by atoms with Crippen LogP contribution in [0.15, 0.2) is 30.4 Å². The Morgan fingerprint density at radius 2 is 1.54 bits per heavy atom. The van der Waals surface area contributed by atoms with Gasteiger partial charge >= 0.3 is 0 Å². The molecule has 1 unspecified atom stereocenters. The van der Waals surface area contributed by atoms with Gasteiger partial charge in [-0.15, -0.1) is 0 Å². The van der Waals surface area contributed by atoms with Gasteiger partial charge in [-0.25, -0.2) is 0 Å². The van der Waals surface area contributed by atoms with Gasteiger partial charge in [-0.3, -0.25) is 19.2 Å². The van der Waals surface area contributed by atoms with Crippen molar-refractivity contribution in [2.24, 2.45) is 0 Å². The summed E-state index contributed by atoms with van der Waals surface area (Å²) in [4.78, 5) is 48.9. The van der Waals surface area contributed by atoms with Gasteiger partial charge in [0.25, 0.3) is 0 Å². The maximum Gasteiger partial charge on any atom is 0.229 e. The number of allylic oxidation sites excluding steroid dienone is 2. The number of hydrogen-bond donors (Lipinski definition) is 0. The number of carbonyl (C=O) groups is 4. The molecule has 3 aliphatic rings. The predicted octanol–water partition coefficient (Wildman–Crippen LogP) is 2.42. The summed E-state index contributed by atoms with van der Waals surface area (Å²) in [5.41, 5.74) is 3.38. The molecule has 0 saturated heterocycles. The van der Waals surface area contributed by atoms with Crippen LogP contribution in [0, 0.1) is 0 Å². The highest BCUT2D eigenvalue weighted by Crippen LogP contribution is 2.44. The molecule has 114 valence electrons. The van der Waals surface area contributed by atoms with E-state index >= 15 is 0 Å². The molecule has 5 rings (SSSR count). The first-order valence-corrected chi connectivity index (χ1v) is 7.71. The van der Waals surface area contributed by atoms with Gasteiger partial charge in [0.05, 0.1) is 0 Å². The highest BCUT2D eigenvalue weighted by molar-refractivity contribution is 6.48. The molecule has 1 atom stereocenters. The molecule has 0 N–H and O–H groups in total. The van der Waals surface area contributed by atoms with Gasteiger partial charge in [-0.2, -0.15) is 0 Å². The van der Waals surface area contributed by atoms with Crippen LogP contribution in [0.1, 0.15) is 38.5 Å². The van der Waals surface area contributed by atoms with Gasteiger partial charge in [0.1, 0.15) is 5.92 Å². The number of benzene rings is 2. The number of rotatable bonds is 0. The minimum absolute atomic E-state index is 0.0120. The fourth-order valence-corrected chi connectivity index (χ4v) is 4.08. The summed E-state index contributed by atoms with van der Waals surface area (Å²) in [6, 6.07) is 5.28. The van der Waals surface area contributed by atoms with Gasteiger partial charge in [0.15, 0.2) is 11.6 Å². The normalized spacial score (nSPS) is 20.8. The maximum absolute atomic E-state index is 12.3. The quantitative estimate of drug-likeness (QED) is 0.553. The van der Waals surface area contributed by atoms with Gasteiger partial charge < -0.3 is 0 Å². The van der Waals surface area contributed by atoms with Crippen LogP contribution in [-0.2, 0) is 20.8 Å². The molecule has 0 heterocycles. The van der Waals surface area contributed by atoms with Gasteiger partial charge in [-0.05, 0) is 45.2 Å². The van der Waals surface area contributed by atoms with Crippen molar-refractivity contribution in [3.05, 3.63) is 58.2 Å². The van der Waals surface area contributed by atoms with Crippen LogP contribution in [0.2, 0.25) is 0 Å². The lowest BCUT2D eigenvalue weighted by Crippen LogP contribution is -2.29. The summed E-state index contributed by atoms with van der Waals surface area (Å²) < 4.78 is 0. The molecule has 0 spiro atoms. The topological polar surface area (TPSA) is 68.3 Å². The van der Waals surface area contributed by atoms with Crippen molar-refractivity contribution >= 4 is 46.1 Å². The van der Waals surface area contributed by atoms with Crippen molar-refractivity contribution in [2.45, 2.75) is 12.3 Å². The van der Waals surface area contributed by atoms with E-state index in [2.05, 4.69) is 0 Å². The Morgan fingerprint density at radius 3 is 2.29 bits per heavy atom. The minimum Gasteiger partial charge on any atom is -0.294 e. The molecule has 0 amide bonds. The molecular weight excluding hydrogens is 304 g/mol. The second-order valence-corrected chi connectivity index (χ2v) is 6.28. The van der Waals surface area contributed by atoms with Gasteiger partial charge in [0.2, 0.25) is 11.6 Å². The second-order valence-electron chi connectivity index (χ2n) is 6.28. The standard InChI is InChI=1S/C20H10O4/c21-14-6-4-10-9-2-1-3-12-17(9)13(8-16(23)20(12)24)11-5-7-15(22)19(14)18(10)11/h1-7,19H,8H2. The lowest BCUT2D eigenvalue weighted by molar-refractivity contribution is -0.124.